The number of allylic oxidation sites excluding steroid dienone is 1. The molecule has 0 bridgehead atoms. The van der Waals surface area contributed by atoms with Gasteiger partial charge < -0.3 is 20.7 Å². The summed E-state index contributed by atoms with van der Waals surface area (Å²) in [5, 5.41) is 17.6. The van der Waals surface area contributed by atoms with E-state index in [1.54, 1.807) is 6.21 Å². The van der Waals surface area contributed by atoms with Crippen molar-refractivity contribution in [1.29, 1.82) is 0 Å². The number of aromatic nitrogens is 1. The molecule has 4 N–H and O–H groups in total. The molecule has 0 saturated carbocycles. The Hall–Kier alpha value is -1.90. The van der Waals surface area contributed by atoms with Gasteiger partial charge in [-0.3, -0.25) is 14.8 Å². The lowest BCUT2D eigenvalue weighted by atomic mass is 9.93. The molecule has 0 aliphatic carbocycles. The molecule has 3 heterocycles. The number of dihydropyridines is 1. The molecule has 26 heavy (non-hydrogen) atoms. The van der Waals surface area contributed by atoms with Crippen LogP contribution in [0, 0.1) is 0 Å². The van der Waals surface area contributed by atoms with Crippen molar-refractivity contribution in [3.05, 3.63) is 23.6 Å². The number of rotatable bonds is 4. The summed E-state index contributed by atoms with van der Waals surface area (Å²) in [6.07, 6.45) is 4.93. The van der Waals surface area contributed by atoms with E-state index in [4.69, 9.17) is 10.3 Å². The summed E-state index contributed by atoms with van der Waals surface area (Å²) in [7, 11) is 0. The molecule has 0 aromatic carbocycles. The summed E-state index contributed by atoms with van der Waals surface area (Å²) in [5.74, 6) is 1.35. The van der Waals surface area contributed by atoms with Crippen LogP contribution in [0.15, 0.2) is 27.4 Å². The third-order valence-electron chi connectivity index (χ3n) is 4.82. The van der Waals surface area contributed by atoms with Crippen molar-refractivity contribution >= 4 is 12.0 Å². The van der Waals surface area contributed by atoms with Gasteiger partial charge in [0.15, 0.2) is 12.2 Å². The second-order valence-electron chi connectivity index (χ2n) is 7.97. The molecule has 0 spiro atoms. The molecule has 1 fully saturated rings. The number of hydrogen-bond donors (Lipinski definition) is 3. The average molecular weight is 362 g/mol. The number of aliphatic imine (C=N–C) groups is 1. The zero-order valence-corrected chi connectivity index (χ0v) is 15.9. The molecule has 2 aliphatic heterocycles. The summed E-state index contributed by atoms with van der Waals surface area (Å²) in [4.78, 5) is 8.89. The van der Waals surface area contributed by atoms with Gasteiger partial charge in [0.2, 0.25) is 0 Å². The van der Waals surface area contributed by atoms with E-state index in [9.17, 15) is 5.11 Å². The summed E-state index contributed by atoms with van der Waals surface area (Å²) in [5.41, 5.74) is 6.38. The van der Waals surface area contributed by atoms with Crippen LogP contribution >= 0.6 is 0 Å². The average Bonchev–Trinajstić information content (AvgIpc) is 2.92. The standard InChI is InChI=1S/C18H30N6O2/c1-18(2,3)14-11-15(22-26-14)21-17(25)24-8-4-7-23(9-10-24)16-6-5-13(19)12-20-16/h5,11-12,16-17,25H,4,6-10,19H2,1-3H3,(H,21,22). The maximum atomic E-state index is 10.6. The number of nitrogens with two attached hydrogens (primary N) is 1. The Morgan fingerprint density at radius 2 is 2.12 bits per heavy atom. The molecule has 2 aliphatic rings. The van der Waals surface area contributed by atoms with Crippen molar-refractivity contribution in [2.24, 2.45) is 10.7 Å². The van der Waals surface area contributed by atoms with Gasteiger partial charge in [-0.15, -0.1) is 0 Å². The highest BCUT2D eigenvalue weighted by atomic mass is 16.5. The summed E-state index contributed by atoms with van der Waals surface area (Å²) < 4.78 is 5.37. The van der Waals surface area contributed by atoms with Gasteiger partial charge in [-0.25, -0.2) is 0 Å². The largest absolute Gasteiger partial charge is 0.398 e. The van der Waals surface area contributed by atoms with Crippen molar-refractivity contribution < 1.29 is 9.63 Å². The summed E-state index contributed by atoms with van der Waals surface area (Å²) in [6, 6.07) is 1.85. The van der Waals surface area contributed by atoms with E-state index in [-0.39, 0.29) is 11.6 Å². The summed E-state index contributed by atoms with van der Waals surface area (Å²) >= 11 is 0. The SMILES string of the molecule is CC(C)(C)c1cc(NC(O)N2CCCN(C3CC=C(N)C=N3)CC2)no1. The zero-order valence-electron chi connectivity index (χ0n) is 15.9. The Morgan fingerprint density at radius 1 is 1.31 bits per heavy atom. The van der Waals surface area contributed by atoms with Crippen LogP contribution in [0.3, 0.4) is 0 Å². The first kappa shape index (κ1) is 18.9. The van der Waals surface area contributed by atoms with Crippen molar-refractivity contribution in [3.8, 4) is 0 Å². The molecule has 144 valence electrons. The van der Waals surface area contributed by atoms with Crippen LogP contribution < -0.4 is 11.1 Å². The Labute approximate surface area is 154 Å². The molecule has 3 rings (SSSR count). The van der Waals surface area contributed by atoms with Crippen molar-refractivity contribution in [2.75, 3.05) is 31.5 Å². The van der Waals surface area contributed by atoms with Gasteiger partial charge >= 0.3 is 0 Å². The van der Waals surface area contributed by atoms with Crippen LogP contribution in [0.2, 0.25) is 0 Å². The fourth-order valence-corrected chi connectivity index (χ4v) is 3.19. The van der Waals surface area contributed by atoms with E-state index < -0.39 is 6.35 Å². The van der Waals surface area contributed by atoms with Gasteiger partial charge in [0.05, 0.1) is 0 Å². The lowest BCUT2D eigenvalue weighted by Gasteiger charge is -2.29. The number of nitrogens with one attached hydrogen (secondary N) is 1. The number of aliphatic hydroxyl groups excluding tert-OH is 1. The van der Waals surface area contributed by atoms with Gasteiger partial charge in [-0.2, -0.15) is 0 Å². The Bertz CT molecular complexity index is 663. The first-order valence-electron chi connectivity index (χ1n) is 9.21. The predicted octanol–water partition coefficient (Wildman–Crippen LogP) is 1.31. The van der Waals surface area contributed by atoms with E-state index in [0.29, 0.717) is 5.82 Å². The maximum Gasteiger partial charge on any atom is 0.185 e. The van der Waals surface area contributed by atoms with Gasteiger partial charge in [-0.05, 0) is 6.42 Å². The van der Waals surface area contributed by atoms with Gasteiger partial charge in [-0.1, -0.05) is 32.0 Å². The van der Waals surface area contributed by atoms with Crippen LogP contribution in [0.1, 0.15) is 39.4 Å². The summed E-state index contributed by atoms with van der Waals surface area (Å²) in [6.45, 7) is 9.55. The molecule has 1 saturated heterocycles. The predicted molar refractivity (Wildman–Crippen MR) is 102 cm³/mol. The minimum absolute atomic E-state index is 0.112. The molecule has 2 unspecified atom stereocenters. The monoisotopic (exact) mass is 362 g/mol. The van der Waals surface area contributed by atoms with Crippen LogP contribution in [0.25, 0.3) is 0 Å². The Balaban J connectivity index is 1.53. The zero-order chi connectivity index (χ0) is 18.7. The molecule has 2 atom stereocenters. The molecular weight excluding hydrogens is 332 g/mol. The van der Waals surface area contributed by atoms with E-state index in [1.165, 1.54) is 0 Å². The minimum Gasteiger partial charge on any atom is -0.398 e. The second kappa shape index (κ2) is 7.77. The molecule has 8 nitrogen and oxygen atoms in total. The Kier molecular flexibility index (Phi) is 5.64. The second-order valence-corrected chi connectivity index (χ2v) is 7.97. The molecule has 0 amide bonds. The van der Waals surface area contributed by atoms with E-state index in [2.05, 4.69) is 41.1 Å². The third-order valence-corrected chi connectivity index (χ3v) is 4.82. The normalized spacial score (nSPS) is 24.2. The third kappa shape index (κ3) is 4.63. The van der Waals surface area contributed by atoms with Crippen LogP contribution in [0.4, 0.5) is 5.82 Å². The number of anilines is 1. The number of hydrogen-bond acceptors (Lipinski definition) is 8. The topological polar surface area (TPSA) is 103 Å². The van der Waals surface area contributed by atoms with Gasteiger partial charge in [0.25, 0.3) is 0 Å². The van der Waals surface area contributed by atoms with Crippen molar-refractivity contribution in [1.82, 2.24) is 15.0 Å². The molecule has 0 radical (unpaired) electrons. The lowest BCUT2D eigenvalue weighted by molar-refractivity contribution is 0.0277. The molecule has 8 heteroatoms. The molecular formula is C18H30N6O2. The van der Waals surface area contributed by atoms with E-state index >= 15 is 0 Å². The highest BCUT2D eigenvalue weighted by Gasteiger charge is 2.26. The molecule has 1 aromatic rings. The van der Waals surface area contributed by atoms with Crippen molar-refractivity contribution in [2.45, 2.75) is 51.5 Å². The van der Waals surface area contributed by atoms with Crippen LogP contribution in [0.5, 0.6) is 0 Å². The fourth-order valence-electron chi connectivity index (χ4n) is 3.19. The number of aliphatic hydroxyl groups is 1. The Morgan fingerprint density at radius 3 is 2.77 bits per heavy atom. The van der Waals surface area contributed by atoms with Gasteiger partial charge in [0.1, 0.15) is 11.9 Å². The van der Waals surface area contributed by atoms with E-state index in [0.717, 1.165) is 50.5 Å². The highest BCUT2D eigenvalue weighted by molar-refractivity contribution is 5.78. The van der Waals surface area contributed by atoms with Crippen molar-refractivity contribution in [3.63, 3.8) is 0 Å². The van der Waals surface area contributed by atoms with Gasteiger partial charge in [0, 0.05) is 56.0 Å². The smallest absolute Gasteiger partial charge is 0.185 e. The number of nitrogens with zero attached hydrogens (tertiary/aromatic N) is 4. The first-order valence-corrected chi connectivity index (χ1v) is 9.21. The lowest BCUT2D eigenvalue weighted by Crippen LogP contribution is -2.44. The van der Waals surface area contributed by atoms with E-state index in [1.807, 2.05) is 17.0 Å². The molecule has 1 aromatic heterocycles. The minimum atomic E-state index is -0.793. The van der Waals surface area contributed by atoms with Crippen LogP contribution in [-0.4, -0.2) is 65.0 Å². The maximum absolute atomic E-state index is 10.6. The first-order chi connectivity index (χ1) is 12.3. The fraction of sp³-hybridized carbons (Fsp3) is 0.667. The highest BCUT2D eigenvalue weighted by Crippen LogP contribution is 2.25. The van der Waals surface area contributed by atoms with Crippen LogP contribution in [-0.2, 0) is 5.41 Å². The quantitative estimate of drug-likeness (QED) is 0.694.